The molecule has 3 unspecified atom stereocenters. The zero-order valence-electron chi connectivity index (χ0n) is 10.3. The molecule has 2 rings (SSSR count). The molecule has 0 aromatic carbocycles. The van der Waals surface area contributed by atoms with Gasteiger partial charge in [0.1, 0.15) is 6.17 Å². The Labute approximate surface area is 98.1 Å². The summed E-state index contributed by atoms with van der Waals surface area (Å²) in [7, 11) is 1.73. The number of hydrogen-bond donors (Lipinski definition) is 0. The van der Waals surface area contributed by atoms with E-state index in [0.29, 0.717) is 0 Å². The van der Waals surface area contributed by atoms with Crippen molar-refractivity contribution < 1.29 is 9.13 Å². The summed E-state index contributed by atoms with van der Waals surface area (Å²) >= 11 is 0. The second-order valence-electron chi connectivity index (χ2n) is 5.25. The fourth-order valence-corrected chi connectivity index (χ4v) is 3.14. The average molecular weight is 229 g/mol. The summed E-state index contributed by atoms with van der Waals surface area (Å²) in [5, 5.41) is 0. The van der Waals surface area contributed by atoms with Gasteiger partial charge >= 0.3 is 0 Å². The third-order valence-electron chi connectivity index (χ3n) is 4.13. The van der Waals surface area contributed by atoms with Crippen molar-refractivity contribution in [3.05, 3.63) is 0 Å². The maximum atomic E-state index is 13.9. The van der Waals surface area contributed by atoms with Crippen molar-refractivity contribution in [3.63, 3.8) is 0 Å². The molecule has 3 atom stereocenters. The Kier molecular flexibility index (Phi) is 4.59. The number of alkyl halides is 1. The van der Waals surface area contributed by atoms with Gasteiger partial charge in [0, 0.05) is 19.6 Å². The van der Waals surface area contributed by atoms with Gasteiger partial charge in [-0.25, -0.2) is 4.39 Å². The molecule has 94 valence electrons. The maximum absolute atomic E-state index is 13.9. The zero-order valence-corrected chi connectivity index (χ0v) is 10.3. The standard InChI is InChI=1S/C13H24FNO/c1-16-13-7-5-6-12(14)11(13)10-15-8-3-2-4-9-15/h11-13H,2-10H2,1H3. The highest BCUT2D eigenvalue weighted by Crippen LogP contribution is 2.30. The van der Waals surface area contributed by atoms with Crippen molar-refractivity contribution in [2.45, 2.75) is 50.8 Å². The maximum Gasteiger partial charge on any atom is 0.107 e. The lowest BCUT2D eigenvalue weighted by Gasteiger charge is -2.38. The van der Waals surface area contributed by atoms with Crippen LogP contribution in [0, 0.1) is 5.92 Å². The van der Waals surface area contributed by atoms with E-state index in [1.807, 2.05) is 0 Å². The quantitative estimate of drug-likeness (QED) is 0.737. The molecule has 0 aromatic rings. The van der Waals surface area contributed by atoms with Gasteiger partial charge in [-0.15, -0.1) is 0 Å². The molecule has 1 saturated carbocycles. The first-order chi connectivity index (χ1) is 7.81. The Morgan fingerprint density at radius 1 is 1.12 bits per heavy atom. The topological polar surface area (TPSA) is 12.5 Å². The highest BCUT2D eigenvalue weighted by Gasteiger charge is 2.34. The lowest BCUT2D eigenvalue weighted by Crippen LogP contribution is -2.44. The first-order valence-corrected chi connectivity index (χ1v) is 6.70. The first kappa shape index (κ1) is 12.3. The fourth-order valence-electron chi connectivity index (χ4n) is 3.14. The van der Waals surface area contributed by atoms with E-state index in [0.717, 1.165) is 38.9 Å². The van der Waals surface area contributed by atoms with Crippen molar-refractivity contribution in [1.82, 2.24) is 4.90 Å². The van der Waals surface area contributed by atoms with Gasteiger partial charge in [0.2, 0.25) is 0 Å². The van der Waals surface area contributed by atoms with Gasteiger partial charge < -0.3 is 9.64 Å². The van der Waals surface area contributed by atoms with Crippen molar-refractivity contribution in [2.75, 3.05) is 26.7 Å². The lowest BCUT2D eigenvalue weighted by molar-refractivity contribution is -0.0314. The van der Waals surface area contributed by atoms with Gasteiger partial charge in [0.05, 0.1) is 6.10 Å². The number of methoxy groups -OCH3 is 1. The van der Waals surface area contributed by atoms with E-state index >= 15 is 0 Å². The number of rotatable bonds is 3. The SMILES string of the molecule is COC1CCCC(F)C1CN1CCCCC1. The van der Waals surface area contributed by atoms with Crippen LogP contribution in [0.15, 0.2) is 0 Å². The zero-order chi connectivity index (χ0) is 11.4. The Hall–Kier alpha value is -0.150. The molecule has 1 saturated heterocycles. The van der Waals surface area contributed by atoms with Crippen LogP contribution in [0.25, 0.3) is 0 Å². The van der Waals surface area contributed by atoms with E-state index in [-0.39, 0.29) is 12.0 Å². The Morgan fingerprint density at radius 3 is 2.56 bits per heavy atom. The molecule has 2 nitrogen and oxygen atoms in total. The van der Waals surface area contributed by atoms with Crippen LogP contribution in [0.5, 0.6) is 0 Å². The molecule has 0 aromatic heterocycles. The highest BCUT2D eigenvalue weighted by atomic mass is 19.1. The van der Waals surface area contributed by atoms with Gasteiger partial charge in [0.15, 0.2) is 0 Å². The molecular formula is C13H24FNO. The summed E-state index contributed by atoms with van der Waals surface area (Å²) in [5.41, 5.74) is 0. The molecule has 2 fully saturated rings. The largest absolute Gasteiger partial charge is 0.381 e. The van der Waals surface area contributed by atoms with Crippen molar-refractivity contribution >= 4 is 0 Å². The van der Waals surface area contributed by atoms with E-state index < -0.39 is 6.17 Å². The molecule has 0 amide bonds. The molecule has 16 heavy (non-hydrogen) atoms. The van der Waals surface area contributed by atoms with E-state index in [9.17, 15) is 4.39 Å². The van der Waals surface area contributed by atoms with E-state index in [2.05, 4.69) is 4.90 Å². The summed E-state index contributed by atoms with van der Waals surface area (Å²) < 4.78 is 19.4. The number of piperidine rings is 1. The van der Waals surface area contributed by atoms with Gasteiger partial charge in [0.25, 0.3) is 0 Å². The second-order valence-corrected chi connectivity index (χ2v) is 5.25. The molecule has 3 heteroatoms. The molecule has 0 spiro atoms. The van der Waals surface area contributed by atoms with Crippen LogP contribution in [0.3, 0.4) is 0 Å². The van der Waals surface area contributed by atoms with E-state index in [1.54, 1.807) is 7.11 Å². The van der Waals surface area contributed by atoms with E-state index in [1.165, 1.54) is 19.3 Å². The first-order valence-electron chi connectivity index (χ1n) is 6.70. The third kappa shape index (κ3) is 2.95. The van der Waals surface area contributed by atoms with Crippen LogP contribution in [-0.2, 0) is 4.74 Å². The minimum Gasteiger partial charge on any atom is -0.381 e. The average Bonchev–Trinajstić information content (AvgIpc) is 2.33. The van der Waals surface area contributed by atoms with Crippen molar-refractivity contribution in [3.8, 4) is 0 Å². The Balaban J connectivity index is 1.88. The van der Waals surface area contributed by atoms with Crippen LogP contribution in [0.1, 0.15) is 38.5 Å². The summed E-state index contributed by atoms with van der Waals surface area (Å²) in [6, 6.07) is 0. The van der Waals surface area contributed by atoms with E-state index in [4.69, 9.17) is 4.74 Å². The number of likely N-dealkylation sites (tertiary alicyclic amines) is 1. The van der Waals surface area contributed by atoms with Crippen LogP contribution >= 0.6 is 0 Å². The van der Waals surface area contributed by atoms with Crippen LogP contribution in [0.4, 0.5) is 4.39 Å². The summed E-state index contributed by atoms with van der Waals surface area (Å²) in [6.45, 7) is 3.21. The predicted octanol–water partition coefficient (Wildman–Crippen LogP) is 2.63. The normalized spacial score (nSPS) is 37.5. The third-order valence-corrected chi connectivity index (χ3v) is 4.13. The minimum absolute atomic E-state index is 0.108. The number of halogens is 1. The summed E-state index contributed by atoms with van der Waals surface area (Å²) in [5.74, 6) is 0.108. The van der Waals surface area contributed by atoms with Crippen LogP contribution in [0.2, 0.25) is 0 Å². The second kappa shape index (κ2) is 5.97. The molecular weight excluding hydrogens is 205 g/mol. The minimum atomic E-state index is -0.652. The highest BCUT2D eigenvalue weighted by molar-refractivity contribution is 4.85. The number of ether oxygens (including phenoxy) is 1. The molecule has 1 aliphatic heterocycles. The molecule has 0 bridgehead atoms. The monoisotopic (exact) mass is 229 g/mol. The Morgan fingerprint density at radius 2 is 1.88 bits per heavy atom. The van der Waals surface area contributed by atoms with Crippen molar-refractivity contribution in [2.24, 2.45) is 5.92 Å². The van der Waals surface area contributed by atoms with Gasteiger partial charge in [-0.3, -0.25) is 0 Å². The number of nitrogens with zero attached hydrogens (tertiary/aromatic N) is 1. The predicted molar refractivity (Wildman–Crippen MR) is 63.3 cm³/mol. The molecule has 1 aliphatic carbocycles. The Bertz CT molecular complexity index is 206. The molecule has 1 heterocycles. The molecule has 2 aliphatic rings. The smallest absolute Gasteiger partial charge is 0.107 e. The molecule has 0 N–H and O–H groups in total. The summed E-state index contributed by atoms with van der Waals surface area (Å²) in [6.07, 6.45) is 6.15. The van der Waals surface area contributed by atoms with Gasteiger partial charge in [-0.05, 0) is 45.2 Å². The van der Waals surface area contributed by atoms with Gasteiger partial charge in [-0.1, -0.05) is 6.42 Å². The fraction of sp³-hybridized carbons (Fsp3) is 1.00. The summed E-state index contributed by atoms with van der Waals surface area (Å²) in [4.78, 5) is 2.43. The number of hydrogen-bond acceptors (Lipinski definition) is 2. The van der Waals surface area contributed by atoms with Crippen molar-refractivity contribution in [1.29, 1.82) is 0 Å². The van der Waals surface area contributed by atoms with Gasteiger partial charge in [-0.2, -0.15) is 0 Å². The van der Waals surface area contributed by atoms with Crippen LogP contribution in [-0.4, -0.2) is 43.9 Å². The van der Waals surface area contributed by atoms with Crippen LogP contribution < -0.4 is 0 Å². The molecule has 0 radical (unpaired) electrons. The lowest BCUT2D eigenvalue weighted by atomic mass is 9.84.